The van der Waals surface area contributed by atoms with Crippen molar-refractivity contribution in [3.05, 3.63) is 91.3 Å². The lowest BCUT2D eigenvalue weighted by Crippen LogP contribution is -2.66. The van der Waals surface area contributed by atoms with Crippen LogP contribution >= 0.6 is 0 Å². The van der Waals surface area contributed by atoms with Crippen molar-refractivity contribution in [2.45, 2.75) is 74.6 Å². The molecule has 3 fully saturated rings. The topological polar surface area (TPSA) is 122 Å². The fourth-order valence-electron chi connectivity index (χ4n) is 9.09. The first-order chi connectivity index (χ1) is 23.4. The summed E-state index contributed by atoms with van der Waals surface area (Å²) >= 11 is 0. The molecule has 1 aliphatic carbocycles. The third kappa shape index (κ3) is 4.84. The number of amides is 1. The van der Waals surface area contributed by atoms with Gasteiger partial charge in [-0.2, -0.15) is 4.31 Å². The standard InChI is InChI=1S/C38H40N4O6S/c1-5-24-21-37-23-41(49(45,46)25-11-7-6-8-12-25)20-17-29(37)28(32-33-27(16-19-39-32)26-13-9-10-14-30(26)40-33)22-38(18-15-31(43)47-38)34(37)42(24)35(44)48-36(2,3)4/h5-14,16,19,22,24,29,34,40H,1,15,17-18,20-21,23H2,2-4H3/t24-,29+,34+,37-,38-/m0/s1. The molecule has 3 aliphatic heterocycles. The number of hydrogen-bond acceptors (Lipinski definition) is 7. The molecule has 4 aliphatic rings. The van der Waals surface area contributed by atoms with Gasteiger partial charge >= 0.3 is 12.1 Å². The van der Waals surface area contributed by atoms with Gasteiger partial charge in [0.15, 0.2) is 5.60 Å². The van der Waals surface area contributed by atoms with Gasteiger partial charge in [-0.25, -0.2) is 13.2 Å². The van der Waals surface area contributed by atoms with E-state index in [1.54, 1.807) is 51.8 Å². The lowest BCUT2D eigenvalue weighted by Gasteiger charge is -2.56. The molecule has 49 heavy (non-hydrogen) atoms. The maximum absolute atomic E-state index is 14.3. The first-order valence-corrected chi connectivity index (χ1v) is 18.3. The molecule has 1 amide bonds. The number of carbonyl (C=O) groups excluding carboxylic acids is 2. The van der Waals surface area contributed by atoms with E-state index in [0.717, 1.165) is 33.1 Å². The number of aromatic nitrogens is 2. The number of nitrogens with zero attached hydrogens (tertiary/aromatic N) is 3. The number of benzene rings is 2. The SMILES string of the molecule is C=C[C@H]1C[C@]23CN(S(=O)(=O)c4ccccc4)CC[C@@H]2C(c2nccc4c2[nH]c2ccccc24)=C[C@@]2(CCC(=O)O2)[C@@H]3N1C(=O)OC(C)(C)C. The van der Waals surface area contributed by atoms with Crippen LogP contribution in [0.25, 0.3) is 27.4 Å². The second-order valence-electron chi connectivity index (χ2n) is 14.8. The molecular formula is C38H40N4O6S. The molecule has 0 unspecified atom stereocenters. The van der Waals surface area contributed by atoms with E-state index in [2.05, 4.69) is 17.6 Å². The Bertz CT molecular complexity index is 2150. The number of ether oxygens (including phenoxy) is 2. The van der Waals surface area contributed by atoms with Gasteiger partial charge in [0, 0.05) is 53.8 Å². The van der Waals surface area contributed by atoms with E-state index in [1.165, 1.54) is 0 Å². The van der Waals surface area contributed by atoms with Crippen LogP contribution in [-0.4, -0.2) is 76.0 Å². The summed E-state index contributed by atoms with van der Waals surface area (Å²) in [5.41, 5.74) is 0.568. The summed E-state index contributed by atoms with van der Waals surface area (Å²) in [6.45, 7) is 9.96. The third-order valence-electron chi connectivity index (χ3n) is 10.8. The molecule has 2 spiro atoms. The number of fused-ring (bicyclic) bond motifs is 4. The van der Waals surface area contributed by atoms with Crippen molar-refractivity contribution in [2.75, 3.05) is 13.1 Å². The number of rotatable bonds is 4. The van der Waals surface area contributed by atoms with E-state index in [9.17, 15) is 18.0 Å². The maximum Gasteiger partial charge on any atom is 0.411 e. The van der Waals surface area contributed by atoms with Crippen LogP contribution in [0.3, 0.4) is 0 Å². The Kier molecular flexibility index (Phi) is 7.14. The highest BCUT2D eigenvalue weighted by molar-refractivity contribution is 7.89. The molecule has 0 radical (unpaired) electrons. The van der Waals surface area contributed by atoms with Gasteiger partial charge in [-0.3, -0.25) is 14.7 Å². The number of carbonyl (C=O) groups is 2. The number of hydrogen-bond donors (Lipinski definition) is 1. The Morgan fingerprint density at radius 1 is 1.10 bits per heavy atom. The number of aromatic amines is 1. The number of para-hydroxylation sites is 1. The molecule has 5 heterocycles. The normalized spacial score (nSPS) is 28.7. The Hall–Kier alpha value is -4.48. The van der Waals surface area contributed by atoms with Crippen LogP contribution in [0.4, 0.5) is 4.79 Å². The van der Waals surface area contributed by atoms with Crippen LogP contribution in [0.1, 0.15) is 52.1 Å². The molecule has 0 bridgehead atoms. The number of sulfonamides is 1. The van der Waals surface area contributed by atoms with Gasteiger partial charge in [0.05, 0.1) is 28.2 Å². The summed E-state index contributed by atoms with van der Waals surface area (Å²) in [5.74, 6) is -0.596. The molecular weight excluding hydrogens is 641 g/mol. The van der Waals surface area contributed by atoms with Crippen molar-refractivity contribution in [2.24, 2.45) is 11.3 Å². The minimum absolute atomic E-state index is 0.114. The van der Waals surface area contributed by atoms with Crippen molar-refractivity contribution in [1.82, 2.24) is 19.2 Å². The van der Waals surface area contributed by atoms with Crippen LogP contribution in [0.15, 0.2) is 90.5 Å². The molecule has 0 saturated carbocycles. The quantitative estimate of drug-likeness (QED) is 0.194. The summed E-state index contributed by atoms with van der Waals surface area (Å²) in [7, 11) is -3.90. The molecule has 1 N–H and O–H groups in total. The summed E-state index contributed by atoms with van der Waals surface area (Å²) in [4.78, 5) is 37.9. The highest BCUT2D eigenvalue weighted by Gasteiger charge is 2.70. The first kappa shape index (κ1) is 31.8. The Morgan fingerprint density at radius 2 is 1.86 bits per heavy atom. The fourth-order valence-corrected chi connectivity index (χ4v) is 10.6. The second-order valence-corrected chi connectivity index (χ2v) is 16.7. The summed E-state index contributed by atoms with van der Waals surface area (Å²) in [6, 6.07) is 17.3. The molecule has 10 nitrogen and oxygen atoms in total. The number of pyridine rings is 1. The Labute approximate surface area is 285 Å². The zero-order chi connectivity index (χ0) is 34.3. The van der Waals surface area contributed by atoms with Crippen LogP contribution in [0.2, 0.25) is 0 Å². The van der Waals surface area contributed by atoms with Gasteiger partial charge in [-0.15, -0.1) is 6.58 Å². The lowest BCUT2D eigenvalue weighted by molar-refractivity contribution is -0.154. The largest absolute Gasteiger partial charge is 0.453 e. The van der Waals surface area contributed by atoms with Gasteiger partial charge < -0.3 is 14.5 Å². The molecule has 11 heteroatoms. The van der Waals surface area contributed by atoms with Crippen molar-refractivity contribution in [3.8, 4) is 0 Å². The van der Waals surface area contributed by atoms with Gasteiger partial charge in [0.1, 0.15) is 5.60 Å². The lowest BCUT2D eigenvalue weighted by atomic mass is 9.55. The predicted molar refractivity (Wildman–Crippen MR) is 186 cm³/mol. The van der Waals surface area contributed by atoms with Crippen LogP contribution in [-0.2, 0) is 24.3 Å². The van der Waals surface area contributed by atoms with E-state index in [4.69, 9.17) is 14.5 Å². The average molecular weight is 681 g/mol. The van der Waals surface area contributed by atoms with Crippen LogP contribution in [0, 0.1) is 11.3 Å². The van der Waals surface area contributed by atoms with Crippen molar-refractivity contribution < 1.29 is 27.5 Å². The van der Waals surface area contributed by atoms with Crippen molar-refractivity contribution in [3.63, 3.8) is 0 Å². The maximum atomic E-state index is 14.3. The molecule has 3 saturated heterocycles. The van der Waals surface area contributed by atoms with Gasteiger partial charge in [-0.05, 0) is 75.4 Å². The summed E-state index contributed by atoms with van der Waals surface area (Å²) in [6.07, 6.45) is 6.39. The minimum Gasteiger partial charge on any atom is -0.453 e. The molecule has 2 aromatic heterocycles. The van der Waals surface area contributed by atoms with E-state index in [0.29, 0.717) is 19.3 Å². The molecule has 8 rings (SSSR count). The van der Waals surface area contributed by atoms with Crippen LogP contribution in [0.5, 0.6) is 0 Å². The highest BCUT2D eigenvalue weighted by atomic mass is 32.2. The van der Waals surface area contributed by atoms with E-state index in [-0.39, 0.29) is 36.3 Å². The Morgan fingerprint density at radius 3 is 2.57 bits per heavy atom. The average Bonchev–Trinajstić information content (AvgIpc) is 3.75. The van der Waals surface area contributed by atoms with Gasteiger partial charge in [0.2, 0.25) is 10.0 Å². The number of esters is 1. The van der Waals surface area contributed by atoms with Crippen molar-refractivity contribution in [1.29, 1.82) is 0 Å². The van der Waals surface area contributed by atoms with Gasteiger partial charge in [0.25, 0.3) is 0 Å². The Balaban J connectivity index is 1.37. The zero-order valence-electron chi connectivity index (χ0n) is 27.9. The zero-order valence-corrected chi connectivity index (χ0v) is 28.7. The molecule has 254 valence electrons. The van der Waals surface area contributed by atoms with Crippen molar-refractivity contribution >= 4 is 49.5 Å². The number of nitrogens with one attached hydrogen (secondary N) is 1. The van der Waals surface area contributed by atoms with Gasteiger partial charge in [-0.1, -0.05) is 42.5 Å². The third-order valence-corrected chi connectivity index (χ3v) is 12.7. The number of allylic oxidation sites excluding steroid dienone is 1. The molecule has 2 aromatic carbocycles. The predicted octanol–water partition coefficient (Wildman–Crippen LogP) is 6.45. The molecule has 4 aromatic rings. The number of piperidine rings is 1. The summed E-state index contributed by atoms with van der Waals surface area (Å²) < 4.78 is 42.5. The minimum atomic E-state index is -3.90. The second kappa shape index (κ2) is 11.0. The summed E-state index contributed by atoms with van der Waals surface area (Å²) in [5, 5.41) is 2.09. The first-order valence-electron chi connectivity index (χ1n) is 16.9. The number of likely N-dealkylation sites (tertiary alicyclic amines) is 1. The fraction of sp³-hybridized carbons (Fsp3) is 0.395. The van der Waals surface area contributed by atoms with E-state index < -0.39 is 44.8 Å². The highest BCUT2D eigenvalue weighted by Crippen LogP contribution is 2.63. The molecule has 5 atom stereocenters. The smallest absolute Gasteiger partial charge is 0.411 e. The monoisotopic (exact) mass is 680 g/mol. The number of H-pyrrole nitrogens is 1. The van der Waals surface area contributed by atoms with E-state index >= 15 is 0 Å². The van der Waals surface area contributed by atoms with E-state index in [1.807, 2.05) is 51.1 Å². The van der Waals surface area contributed by atoms with Crippen LogP contribution < -0.4 is 0 Å².